The zero-order valence-corrected chi connectivity index (χ0v) is 11.1. The van der Waals surface area contributed by atoms with Gasteiger partial charge in [-0.2, -0.15) is 0 Å². The molecule has 102 valence electrons. The molecule has 0 aliphatic heterocycles. The Balaban J connectivity index is 1.79. The van der Waals surface area contributed by atoms with Crippen LogP contribution in [-0.4, -0.2) is 18.5 Å². The molecule has 1 heterocycles. The van der Waals surface area contributed by atoms with Gasteiger partial charge in [-0.05, 0) is 43.8 Å². The van der Waals surface area contributed by atoms with Crippen LogP contribution in [0, 0.1) is 5.82 Å². The summed E-state index contributed by atoms with van der Waals surface area (Å²) in [6, 6.07) is 8.28. The Bertz CT molecular complexity index is 481. The average molecular weight is 262 g/mol. The van der Waals surface area contributed by atoms with Crippen molar-refractivity contribution < 1.29 is 8.81 Å². The highest BCUT2D eigenvalue weighted by molar-refractivity contribution is 5.19. The molecular formula is C15H19FN2O. The summed E-state index contributed by atoms with van der Waals surface area (Å²) in [5, 5.41) is 0. The predicted molar refractivity (Wildman–Crippen MR) is 73.0 cm³/mol. The van der Waals surface area contributed by atoms with Crippen molar-refractivity contribution in [3.63, 3.8) is 0 Å². The minimum atomic E-state index is -0.229. The summed E-state index contributed by atoms with van der Waals surface area (Å²) >= 11 is 0. The van der Waals surface area contributed by atoms with E-state index in [1.54, 1.807) is 24.7 Å². The van der Waals surface area contributed by atoms with Crippen LogP contribution in [0.2, 0.25) is 0 Å². The van der Waals surface area contributed by atoms with E-state index in [1.807, 2.05) is 13.1 Å². The van der Waals surface area contributed by atoms with E-state index in [1.165, 1.54) is 12.1 Å². The third kappa shape index (κ3) is 4.19. The van der Waals surface area contributed by atoms with Crippen molar-refractivity contribution in [2.24, 2.45) is 5.73 Å². The lowest BCUT2D eigenvalue weighted by molar-refractivity contribution is 0.310. The van der Waals surface area contributed by atoms with E-state index < -0.39 is 0 Å². The van der Waals surface area contributed by atoms with Crippen LogP contribution in [0.15, 0.2) is 47.3 Å². The lowest BCUT2D eigenvalue weighted by Gasteiger charge is -2.19. The van der Waals surface area contributed by atoms with Gasteiger partial charge in [-0.1, -0.05) is 12.1 Å². The smallest absolute Gasteiger partial charge is 0.123 e. The third-order valence-corrected chi connectivity index (χ3v) is 3.15. The van der Waals surface area contributed by atoms with Crippen molar-refractivity contribution in [1.29, 1.82) is 0 Å². The summed E-state index contributed by atoms with van der Waals surface area (Å²) in [7, 11) is 2.05. The number of furan rings is 1. The first-order valence-corrected chi connectivity index (χ1v) is 6.36. The van der Waals surface area contributed by atoms with Crippen molar-refractivity contribution in [3.05, 3.63) is 59.8 Å². The highest BCUT2D eigenvalue weighted by Crippen LogP contribution is 2.15. The van der Waals surface area contributed by atoms with Crippen LogP contribution in [0.1, 0.15) is 23.6 Å². The molecular weight excluding hydrogens is 243 g/mol. The summed E-state index contributed by atoms with van der Waals surface area (Å²) in [5.41, 5.74) is 8.22. The van der Waals surface area contributed by atoms with E-state index in [9.17, 15) is 4.39 Å². The summed E-state index contributed by atoms with van der Waals surface area (Å²) in [5.74, 6) is -0.229. The molecule has 3 nitrogen and oxygen atoms in total. The van der Waals surface area contributed by atoms with E-state index in [0.29, 0.717) is 0 Å². The molecule has 2 rings (SSSR count). The fourth-order valence-corrected chi connectivity index (χ4v) is 2.01. The molecule has 1 unspecified atom stereocenters. The summed E-state index contributed by atoms with van der Waals surface area (Å²) in [6.07, 6.45) is 4.25. The quantitative estimate of drug-likeness (QED) is 0.870. The molecule has 0 radical (unpaired) electrons. The lowest BCUT2D eigenvalue weighted by Crippen LogP contribution is -2.23. The lowest BCUT2D eigenvalue weighted by atomic mass is 10.0. The van der Waals surface area contributed by atoms with Crippen molar-refractivity contribution in [1.82, 2.24) is 4.90 Å². The van der Waals surface area contributed by atoms with Gasteiger partial charge >= 0.3 is 0 Å². The molecule has 0 saturated heterocycles. The first kappa shape index (κ1) is 13.8. The van der Waals surface area contributed by atoms with Crippen LogP contribution in [0.25, 0.3) is 0 Å². The second-order valence-electron chi connectivity index (χ2n) is 4.82. The number of halogens is 1. The van der Waals surface area contributed by atoms with Gasteiger partial charge in [0.2, 0.25) is 0 Å². The molecule has 19 heavy (non-hydrogen) atoms. The maximum absolute atomic E-state index is 12.8. The van der Waals surface area contributed by atoms with Gasteiger partial charge < -0.3 is 15.1 Å². The van der Waals surface area contributed by atoms with Crippen molar-refractivity contribution >= 4 is 0 Å². The molecule has 0 aliphatic carbocycles. The highest BCUT2D eigenvalue weighted by Gasteiger charge is 2.08. The van der Waals surface area contributed by atoms with Crippen molar-refractivity contribution in [2.75, 3.05) is 13.6 Å². The topological polar surface area (TPSA) is 42.4 Å². The summed E-state index contributed by atoms with van der Waals surface area (Å²) < 4.78 is 17.9. The number of hydrogen-bond donors (Lipinski definition) is 1. The van der Waals surface area contributed by atoms with Crippen molar-refractivity contribution in [3.8, 4) is 0 Å². The second kappa shape index (κ2) is 6.50. The van der Waals surface area contributed by atoms with Crippen molar-refractivity contribution in [2.45, 2.75) is 19.0 Å². The molecule has 0 saturated carbocycles. The maximum atomic E-state index is 12.8. The maximum Gasteiger partial charge on any atom is 0.123 e. The number of hydrogen-bond acceptors (Lipinski definition) is 3. The number of nitrogens with two attached hydrogens (primary N) is 1. The molecule has 2 aromatic rings. The Morgan fingerprint density at radius 3 is 2.63 bits per heavy atom. The van der Waals surface area contributed by atoms with E-state index in [0.717, 1.165) is 30.6 Å². The van der Waals surface area contributed by atoms with E-state index in [-0.39, 0.29) is 11.9 Å². The molecule has 2 N–H and O–H groups in total. The molecule has 0 aliphatic rings. The van der Waals surface area contributed by atoms with Gasteiger partial charge in [-0.3, -0.25) is 0 Å². The monoisotopic (exact) mass is 262 g/mol. The van der Waals surface area contributed by atoms with Gasteiger partial charge in [0.05, 0.1) is 12.5 Å². The van der Waals surface area contributed by atoms with Gasteiger partial charge in [0, 0.05) is 18.2 Å². The SMILES string of the molecule is CN(CCC(N)c1ccc(F)cc1)Cc1ccoc1. The fourth-order valence-electron chi connectivity index (χ4n) is 2.01. The van der Waals surface area contributed by atoms with Gasteiger partial charge in [0.1, 0.15) is 5.82 Å². The molecule has 0 amide bonds. The minimum absolute atomic E-state index is 0.0626. The third-order valence-electron chi connectivity index (χ3n) is 3.15. The Hall–Kier alpha value is -1.65. The number of benzene rings is 1. The van der Waals surface area contributed by atoms with Crippen LogP contribution >= 0.6 is 0 Å². The average Bonchev–Trinajstić information content (AvgIpc) is 2.89. The molecule has 0 bridgehead atoms. The van der Waals surface area contributed by atoms with E-state index in [4.69, 9.17) is 10.2 Å². The standard InChI is InChI=1S/C15H19FN2O/c1-18(10-12-7-9-19-11-12)8-6-15(17)13-2-4-14(16)5-3-13/h2-5,7,9,11,15H,6,8,10,17H2,1H3. The minimum Gasteiger partial charge on any atom is -0.472 e. The first-order chi connectivity index (χ1) is 9.15. The molecule has 0 fully saturated rings. The van der Waals surface area contributed by atoms with Gasteiger partial charge in [0.25, 0.3) is 0 Å². The normalized spacial score (nSPS) is 12.8. The second-order valence-corrected chi connectivity index (χ2v) is 4.82. The zero-order chi connectivity index (χ0) is 13.7. The molecule has 1 atom stereocenters. The van der Waals surface area contributed by atoms with Gasteiger partial charge in [-0.15, -0.1) is 0 Å². The van der Waals surface area contributed by atoms with Crippen LogP contribution < -0.4 is 5.73 Å². The van der Waals surface area contributed by atoms with Gasteiger partial charge in [-0.25, -0.2) is 4.39 Å². The first-order valence-electron chi connectivity index (χ1n) is 6.36. The molecule has 1 aromatic carbocycles. The summed E-state index contributed by atoms with van der Waals surface area (Å²) in [6.45, 7) is 1.72. The largest absolute Gasteiger partial charge is 0.472 e. The van der Waals surface area contributed by atoms with E-state index >= 15 is 0 Å². The fraction of sp³-hybridized carbons (Fsp3) is 0.333. The number of rotatable bonds is 6. The predicted octanol–water partition coefficient (Wildman–Crippen LogP) is 2.94. The Morgan fingerprint density at radius 1 is 1.26 bits per heavy atom. The Kier molecular flexibility index (Phi) is 4.71. The summed E-state index contributed by atoms with van der Waals surface area (Å²) in [4.78, 5) is 2.19. The van der Waals surface area contributed by atoms with Gasteiger partial charge in [0.15, 0.2) is 0 Å². The van der Waals surface area contributed by atoms with Crippen LogP contribution in [0.4, 0.5) is 4.39 Å². The Morgan fingerprint density at radius 2 is 2.00 bits per heavy atom. The van der Waals surface area contributed by atoms with Crippen LogP contribution in [-0.2, 0) is 6.54 Å². The van der Waals surface area contributed by atoms with Crippen LogP contribution in [0.3, 0.4) is 0 Å². The zero-order valence-electron chi connectivity index (χ0n) is 11.1. The highest BCUT2D eigenvalue weighted by atomic mass is 19.1. The molecule has 4 heteroatoms. The van der Waals surface area contributed by atoms with Crippen LogP contribution in [0.5, 0.6) is 0 Å². The Labute approximate surface area is 112 Å². The number of nitrogens with zero attached hydrogens (tertiary/aromatic N) is 1. The van der Waals surface area contributed by atoms with E-state index in [2.05, 4.69) is 4.90 Å². The molecule has 0 spiro atoms. The molecule has 1 aromatic heterocycles.